The van der Waals surface area contributed by atoms with Gasteiger partial charge in [0.05, 0.1) is 0 Å². The van der Waals surface area contributed by atoms with Gasteiger partial charge >= 0.3 is 0 Å². The third-order valence-corrected chi connectivity index (χ3v) is 2.14. The smallest absolute Gasteiger partial charge is 0.0176 e. The van der Waals surface area contributed by atoms with E-state index in [1.807, 2.05) is 12.3 Å². The van der Waals surface area contributed by atoms with Gasteiger partial charge in [0, 0.05) is 6.54 Å². The van der Waals surface area contributed by atoms with Crippen LogP contribution in [-0.2, 0) is 0 Å². The van der Waals surface area contributed by atoms with E-state index in [1.165, 1.54) is 11.1 Å². The van der Waals surface area contributed by atoms with Crippen LogP contribution in [0.5, 0.6) is 0 Å². The topological polar surface area (TPSA) is 12.0 Å². The number of allylic oxidation sites excluding steroid dienone is 2. The van der Waals surface area contributed by atoms with Gasteiger partial charge in [0.15, 0.2) is 0 Å². The summed E-state index contributed by atoms with van der Waals surface area (Å²) < 4.78 is 0. The van der Waals surface area contributed by atoms with Gasteiger partial charge in [0.2, 0.25) is 0 Å². The lowest BCUT2D eigenvalue weighted by Gasteiger charge is -1.99. The SMILES string of the molecule is C1=CC(c2ccccc2)=CCCN1. The van der Waals surface area contributed by atoms with Crippen molar-refractivity contribution in [3.8, 4) is 0 Å². The molecular weight excluding hydrogens is 158 g/mol. The molecule has 0 saturated carbocycles. The normalized spacial score (nSPS) is 15.8. The molecule has 1 N–H and O–H groups in total. The first-order valence-electron chi connectivity index (χ1n) is 4.62. The highest BCUT2D eigenvalue weighted by molar-refractivity contribution is 5.73. The van der Waals surface area contributed by atoms with Gasteiger partial charge in [-0.25, -0.2) is 0 Å². The largest absolute Gasteiger partial charge is 0.391 e. The number of hydrogen-bond acceptors (Lipinski definition) is 1. The van der Waals surface area contributed by atoms with E-state index in [0.717, 1.165) is 13.0 Å². The van der Waals surface area contributed by atoms with Gasteiger partial charge in [0.25, 0.3) is 0 Å². The molecule has 0 saturated heterocycles. The summed E-state index contributed by atoms with van der Waals surface area (Å²) >= 11 is 0. The van der Waals surface area contributed by atoms with Gasteiger partial charge < -0.3 is 5.32 Å². The Morgan fingerprint density at radius 2 is 1.92 bits per heavy atom. The van der Waals surface area contributed by atoms with E-state index in [0.29, 0.717) is 0 Å². The van der Waals surface area contributed by atoms with Crippen LogP contribution in [0.25, 0.3) is 5.57 Å². The van der Waals surface area contributed by atoms with Crippen molar-refractivity contribution in [3.63, 3.8) is 0 Å². The quantitative estimate of drug-likeness (QED) is 0.684. The molecule has 0 fully saturated rings. The molecule has 0 aliphatic carbocycles. The standard InChI is InChI=1S/C12H13N/c1-2-5-11(6-3-1)12-7-4-9-13-10-8-12/h1-3,5-8,10,13H,4,9H2. The van der Waals surface area contributed by atoms with Crippen LogP contribution in [0, 0.1) is 0 Å². The molecule has 1 heterocycles. The van der Waals surface area contributed by atoms with Crippen LogP contribution in [0.4, 0.5) is 0 Å². The Balaban J connectivity index is 2.29. The fourth-order valence-corrected chi connectivity index (χ4v) is 1.46. The highest BCUT2D eigenvalue weighted by Gasteiger charge is 1.97. The van der Waals surface area contributed by atoms with Gasteiger partial charge in [0.1, 0.15) is 0 Å². The Kier molecular flexibility index (Phi) is 2.46. The molecule has 2 rings (SSSR count). The van der Waals surface area contributed by atoms with Crippen LogP contribution in [0.1, 0.15) is 12.0 Å². The van der Waals surface area contributed by atoms with Crippen LogP contribution in [0.3, 0.4) is 0 Å². The highest BCUT2D eigenvalue weighted by Crippen LogP contribution is 2.16. The van der Waals surface area contributed by atoms with Crippen LogP contribution in [0.15, 0.2) is 48.7 Å². The van der Waals surface area contributed by atoms with Crippen molar-refractivity contribution in [2.24, 2.45) is 0 Å². The molecule has 1 aromatic carbocycles. The van der Waals surface area contributed by atoms with E-state index in [1.54, 1.807) is 0 Å². The highest BCUT2D eigenvalue weighted by atomic mass is 14.8. The van der Waals surface area contributed by atoms with Crippen molar-refractivity contribution in [2.75, 3.05) is 6.54 Å². The van der Waals surface area contributed by atoms with Crippen molar-refractivity contribution in [3.05, 3.63) is 54.2 Å². The second-order valence-corrected chi connectivity index (χ2v) is 3.10. The van der Waals surface area contributed by atoms with E-state index >= 15 is 0 Å². The lowest BCUT2D eigenvalue weighted by molar-refractivity contribution is 0.860. The first-order chi connectivity index (χ1) is 6.47. The lowest BCUT2D eigenvalue weighted by atomic mass is 10.1. The van der Waals surface area contributed by atoms with E-state index in [4.69, 9.17) is 0 Å². The fourth-order valence-electron chi connectivity index (χ4n) is 1.46. The van der Waals surface area contributed by atoms with Gasteiger partial charge in [-0.05, 0) is 29.8 Å². The molecule has 0 radical (unpaired) electrons. The summed E-state index contributed by atoms with van der Waals surface area (Å²) in [6.45, 7) is 1.03. The average molecular weight is 171 g/mol. The Morgan fingerprint density at radius 3 is 2.77 bits per heavy atom. The predicted octanol–water partition coefficient (Wildman–Crippen LogP) is 2.58. The third kappa shape index (κ3) is 2.00. The molecule has 0 aromatic heterocycles. The van der Waals surface area contributed by atoms with E-state index < -0.39 is 0 Å². The monoisotopic (exact) mass is 171 g/mol. The molecule has 1 nitrogen and oxygen atoms in total. The summed E-state index contributed by atoms with van der Waals surface area (Å²) in [6.07, 6.45) is 7.51. The minimum absolute atomic E-state index is 1.03. The lowest BCUT2D eigenvalue weighted by Crippen LogP contribution is -2.03. The Hall–Kier alpha value is -1.50. The predicted molar refractivity (Wildman–Crippen MR) is 56.2 cm³/mol. The van der Waals surface area contributed by atoms with Crippen LogP contribution >= 0.6 is 0 Å². The second-order valence-electron chi connectivity index (χ2n) is 3.10. The Morgan fingerprint density at radius 1 is 1.08 bits per heavy atom. The summed E-state index contributed by atoms with van der Waals surface area (Å²) in [4.78, 5) is 0. The molecule has 0 atom stereocenters. The number of rotatable bonds is 1. The molecule has 1 aliphatic heterocycles. The van der Waals surface area contributed by atoms with Crippen LogP contribution < -0.4 is 5.32 Å². The molecule has 1 heteroatoms. The molecule has 0 unspecified atom stereocenters. The fraction of sp³-hybridized carbons (Fsp3) is 0.167. The molecule has 0 amide bonds. The van der Waals surface area contributed by atoms with E-state index in [9.17, 15) is 0 Å². The van der Waals surface area contributed by atoms with Crippen LogP contribution in [-0.4, -0.2) is 6.54 Å². The molecular formula is C12H13N. The maximum atomic E-state index is 3.21. The van der Waals surface area contributed by atoms with Crippen LogP contribution in [0.2, 0.25) is 0 Å². The summed E-state index contributed by atoms with van der Waals surface area (Å²) in [5.41, 5.74) is 2.60. The van der Waals surface area contributed by atoms with Gasteiger partial charge in [-0.3, -0.25) is 0 Å². The number of hydrogen-bond donors (Lipinski definition) is 1. The zero-order chi connectivity index (χ0) is 8.93. The second kappa shape index (κ2) is 3.94. The van der Waals surface area contributed by atoms with E-state index in [-0.39, 0.29) is 0 Å². The molecule has 66 valence electrons. The average Bonchev–Trinajstić information content (AvgIpc) is 2.47. The minimum atomic E-state index is 1.03. The number of benzene rings is 1. The van der Waals surface area contributed by atoms with Gasteiger partial charge in [-0.2, -0.15) is 0 Å². The summed E-state index contributed by atoms with van der Waals surface area (Å²) in [5.74, 6) is 0. The zero-order valence-electron chi connectivity index (χ0n) is 7.53. The first kappa shape index (κ1) is 8.11. The Bertz CT molecular complexity index is 322. The zero-order valence-corrected chi connectivity index (χ0v) is 7.53. The summed E-state index contributed by atoms with van der Waals surface area (Å²) in [6, 6.07) is 10.5. The summed E-state index contributed by atoms with van der Waals surface area (Å²) in [7, 11) is 0. The minimum Gasteiger partial charge on any atom is -0.391 e. The van der Waals surface area contributed by atoms with Crippen molar-refractivity contribution < 1.29 is 0 Å². The Labute approximate surface area is 78.8 Å². The first-order valence-corrected chi connectivity index (χ1v) is 4.62. The van der Waals surface area contributed by atoms with Crippen molar-refractivity contribution in [1.82, 2.24) is 5.32 Å². The van der Waals surface area contributed by atoms with Gasteiger partial charge in [-0.15, -0.1) is 0 Å². The maximum absolute atomic E-state index is 3.21. The summed E-state index contributed by atoms with van der Waals surface area (Å²) in [5, 5.41) is 3.21. The van der Waals surface area contributed by atoms with E-state index in [2.05, 4.69) is 41.7 Å². The molecule has 0 bridgehead atoms. The molecule has 1 aliphatic rings. The van der Waals surface area contributed by atoms with Gasteiger partial charge in [-0.1, -0.05) is 36.4 Å². The maximum Gasteiger partial charge on any atom is 0.0176 e. The number of nitrogens with one attached hydrogen (secondary N) is 1. The molecule has 0 spiro atoms. The molecule has 13 heavy (non-hydrogen) atoms. The molecule has 1 aromatic rings. The third-order valence-electron chi connectivity index (χ3n) is 2.14. The van der Waals surface area contributed by atoms with Crippen molar-refractivity contribution in [2.45, 2.75) is 6.42 Å². The van der Waals surface area contributed by atoms with Crippen molar-refractivity contribution >= 4 is 5.57 Å². The van der Waals surface area contributed by atoms with Crippen molar-refractivity contribution in [1.29, 1.82) is 0 Å².